The Balaban J connectivity index is 1.21. The number of carbonyl (C=O) groups is 2. The van der Waals surface area contributed by atoms with Gasteiger partial charge in [-0.3, -0.25) is 14.6 Å². The van der Waals surface area contributed by atoms with Crippen LogP contribution in [0.15, 0.2) is 36.4 Å². The van der Waals surface area contributed by atoms with Crippen molar-refractivity contribution < 1.29 is 19.1 Å². The molecular weight excluding hydrogens is 527 g/mol. The lowest BCUT2D eigenvalue weighted by Crippen LogP contribution is -2.46. The number of ether oxygens (including phenoxy) is 2. The number of hydrogen-bond acceptors (Lipinski definition) is 6. The van der Waals surface area contributed by atoms with E-state index in [9.17, 15) is 9.59 Å². The van der Waals surface area contributed by atoms with E-state index in [1.165, 1.54) is 9.80 Å². The van der Waals surface area contributed by atoms with Crippen molar-refractivity contribution in [3.05, 3.63) is 52.0 Å². The van der Waals surface area contributed by atoms with Gasteiger partial charge in [-0.2, -0.15) is 0 Å². The zero-order chi connectivity index (χ0) is 27.1. The van der Waals surface area contributed by atoms with Crippen LogP contribution in [-0.2, 0) is 16.0 Å². The molecule has 0 bridgehead atoms. The van der Waals surface area contributed by atoms with Crippen LogP contribution in [0.1, 0.15) is 31.7 Å². The van der Waals surface area contributed by atoms with Crippen LogP contribution in [0.5, 0.6) is 5.75 Å². The van der Waals surface area contributed by atoms with Crippen molar-refractivity contribution in [1.82, 2.24) is 9.80 Å². The highest BCUT2D eigenvalue weighted by atomic mass is 35.5. The highest BCUT2D eigenvalue weighted by Crippen LogP contribution is 2.33. The van der Waals surface area contributed by atoms with E-state index in [-0.39, 0.29) is 12.6 Å². The van der Waals surface area contributed by atoms with E-state index in [2.05, 4.69) is 9.80 Å². The summed E-state index contributed by atoms with van der Waals surface area (Å²) in [4.78, 5) is 32.4. The van der Waals surface area contributed by atoms with Crippen molar-refractivity contribution in [3.8, 4) is 5.75 Å². The molecule has 10 heteroatoms. The van der Waals surface area contributed by atoms with Crippen LogP contribution in [-0.4, -0.2) is 81.5 Å². The lowest BCUT2D eigenvalue weighted by Gasteiger charge is -2.36. The Morgan fingerprint density at radius 3 is 2.58 bits per heavy atom. The fraction of sp³-hybridized carbons (Fsp3) is 0.500. The number of piperazine rings is 1. The van der Waals surface area contributed by atoms with Crippen LogP contribution in [0.25, 0.3) is 0 Å². The van der Waals surface area contributed by atoms with Gasteiger partial charge in [-0.05, 0) is 56.5 Å². The van der Waals surface area contributed by atoms with Crippen molar-refractivity contribution in [2.24, 2.45) is 0 Å². The van der Waals surface area contributed by atoms with Gasteiger partial charge >= 0.3 is 6.09 Å². The lowest BCUT2D eigenvalue weighted by atomic mass is 10.0. The molecule has 206 valence electrons. The first-order valence-electron chi connectivity index (χ1n) is 13.2. The van der Waals surface area contributed by atoms with Crippen molar-refractivity contribution >= 4 is 46.6 Å². The molecule has 38 heavy (non-hydrogen) atoms. The van der Waals surface area contributed by atoms with Crippen LogP contribution < -0.4 is 14.5 Å². The third kappa shape index (κ3) is 7.04. The largest absolute Gasteiger partial charge is 0.494 e. The number of fused-ring (bicyclic) bond motifs is 1. The quantitative estimate of drug-likeness (QED) is 0.366. The summed E-state index contributed by atoms with van der Waals surface area (Å²) in [6, 6.07) is 11.6. The van der Waals surface area contributed by atoms with Crippen molar-refractivity contribution in [1.29, 1.82) is 0 Å². The molecule has 0 aromatic heterocycles. The SMILES string of the molecule is CCN(C)C(=O)OCN1C(=O)CCc2ccc(OCCCCN3CCN(c4cccc(Cl)c4Cl)CC3)cc21. The van der Waals surface area contributed by atoms with Gasteiger partial charge in [-0.15, -0.1) is 0 Å². The molecule has 1 fully saturated rings. The average molecular weight is 564 g/mol. The summed E-state index contributed by atoms with van der Waals surface area (Å²) < 4.78 is 11.4. The van der Waals surface area contributed by atoms with Crippen molar-refractivity contribution in [3.63, 3.8) is 0 Å². The molecule has 0 unspecified atom stereocenters. The molecule has 1 saturated heterocycles. The van der Waals surface area contributed by atoms with Gasteiger partial charge in [-0.25, -0.2) is 4.79 Å². The third-order valence-corrected chi connectivity index (χ3v) is 7.95. The Labute approximate surface area is 235 Å². The fourth-order valence-corrected chi connectivity index (χ4v) is 5.10. The summed E-state index contributed by atoms with van der Waals surface area (Å²) in [5, 5.41) is 1.22. The van der Waals surface area contributed by atoms with Crippen LogP contribution in [0.2, 0.25) is 10.0 Å². The third-order valence-electron chi connectivity index (χ3n) is 7.14. The number of carbonyl (C=O) groups excluding carboxylic acids is 2. The van der Waals surface area contributed by atoms with Gasteiger partial charge in [0.1, 0.15) is 5.75 Å². The van der Waals surface area contributed by atoms with E-state index >= 15 is 0 Å². The van der Waals surface area contributed by atoms with E-state index in [1.54, 1.807) is 7.05 Å². The highest BCUT2D eigenvalue weighted by molar-refractivity contribution is 6.43. The second-order valence-corrected chi connectivity index (χ2v) is 10.4. The number of nitrogens with zero attached hydrogens (tertiary/aromatic N) is 4. The Morgan fingerprint density at radius 1 is 1.03 bits per heavy atom. The summed E-state index contributed by atoms with van der Waals surface area (Å²) in [6.45, 7) is 7.73. The number of amides is 2. The van der Waals surface area contributed by atoms with Crippen molar-refractivity contribution in [2.75, 3.05) is 69.5 Å². The molecule has 8 nitrogen and oxygen atoms in total. The zero-order valence-corrected chi connectivity index (χ0v) is 23.6. The molecule has 2 amide bonds. The maximum atomic E-state index is 12.6. The van der Waals surface area contributed by atoms with Crippen LogP contribution >= 0.6 is 23.2 Å². The first-order valence-corrected chi connectivity index (χ1v) is 14.0. The Hall–Kier alpha value is -2.68. The summed E-state index contributed by atoms with van der Waals surface area (Å²) in [7, 11) is 1.66. The molecule has 0 N–H and O–H groups in total. The monoisotopic (exact) mass is 562 g/mol. The second-order valence-electron chi connectivity index (χ2n) is 9.62. The number of benzene rings is 2. The van der Waals surface area contributed by atoms with Gasteiger partial charge < -0.3 is 19.3 Å². The average Bonchev–Trinajstić information content (AvgIpc) is 2.93. The van der Waals surface area contributed by atoms with E-state index < -0.39 is 6.09 Å². The number of halogens is 2. The number of aryl methyl sites for hydroxylation is 1. The van der Waals surface area contributed by atoms with Crippen molar-refractivity contribution in [2.45, 2.75) is 32.6 Å². The fourth-order valence-electron chi connectivity index (χ4n) is 4.68. The molecule has 2 aliphatic rings. The molecule has 0 atom stereocenters. The zero-order valence-electron chi connectivity index (χ0n) is 22.1. The number of unbranched alkanes of at least 4 members (excludes halogenated alkanes) is 1. The van der Waals surface area contributed by atoms with Gasteiger partial charge in [0.15, 0.2) is 6.73 Å². The minimum Gasteiger partial charge on any atom is -0.494 e. The molecule has 0 saturated carbocycles. The Kier molecular flexibility index (Phi) is 9.99. The summed E-state index contributed by atoms with van der Waals surface area (Å²) in [5.74, 6) is 0.659. The molecule has 2 aromatic rings. The maximum Gasteiger partial charge on any atom is 0.411 e. The number of rotatable bonds is 10. The van der Waals surface area contributed by atoms with E-state index in [1.807, 2.05) is 43.3 Å². The second kappa shape index (κ2) is 13.4. The van der Waals surface area contributed by atoms with E-state index in [4.69, 9.17) is 32.7 Å². The van der Waals surface area contributed by atoms with Gasteiger partial charge in [0.2, 0.25) is 5.91 Å². The number of anilines is 2. The Morgan fingerprint density at radius 2 is 1.82 bits per heavy atom. The van der Waals surface area contributed by atoms with Gasteiger partial charge in [-0.1, -0.05) is 35.3 Å². The molecule has 2 heterocycles. The van der Waals surface area contributed by atoms with Crippen LogP contribution in [0.4, 0.5) is 16.2 Å². The van der Waals surface area contributed by atoms with Gasteiger partial charge in [0.05, 0.1) is 28.0 Å². The smallest absolute Gasteiger partial charge is 0.411 e. The molecule has 4 rings (SSSR count). The predicted octanol–water partition coefficient (Wildman–Crippen LogP) is 5.30. The van der Waals surface area contributed by atoms with Crippen LogP contribution in [0.3, 0.4) is 0 Å². The minimum atomic E-state index is -0.450. The molecule has 0 radical (unpaired) electrons. The molecule has 0 aliphatic carbocycles. The van der Waals surface area contributed by atoms with E-state index in [0.717, 1.165) is 62.5 Å². The van der Waals surface area contributed by atoms with Gasteiger partial charge in [0, 0.05) is 52.3 Å². The molecule has 0 spiro atoms. The molecular formula is C28H36Cl2N4O4. The first kappa shape index (κ1) is 28.3. The van der Waals surface area contributed by atoms with Crippen LogP contribution in [0, 0.1) is 0 Å². The maximum absolute atomic E-state index is 12.6. The Bertz CT molecular complexity index is 1120. The highest BCUT2D eigenvalue weighted by Gasteiger charge is 2.26. The standard InChI is InChI=1S/C28H36Cl2N4O4/c1-3-31(2)28(36)38-20-34-25-19-22(11-9-21(25)10-12-26(34)35)37-18-5-4-13-32-14-16-33(17-15-32)24-8-6-7-23(29)27(24)30/h6-9,11,19H,3-5,10,12-18,20H2,1-2H3. The normalized spacial score (nSPS) is 15.8. The molecule has 2 aromatic carbocycles. The number of hydrogen-bond donors (Lipinski definition) is 0. The summed E-state index contributed by atoms with van der Waals surface area (Å²) in [5.41, 5.74) is 2.81. The minimum absolute atomic E-state index is 0.0562. The van der Waals surface area contributed by atoms with Gasteiger partial charge in [0.25, 0.3) is 0 Å². The first-order chi connectivity index (χ1) is 18.4. The lowest BCUT2D eigenvalue weighted by molar-refractivity contribution is -0.119. The molecule has 2 aliphatic heterocycles. The predicted molar refractivity (Wildman–Crippen MR) is 152 cm³/mol. The summed E-state index contributed by atoms with van der Waals surface area (Å²) in [6.07, 6.45) is 2.59. The van der Waals surface area contributed by atoms with E-state index in [0.29, 0.717) is 41.8 Å². The summed E-state index contributed by atoms with van der Waals surface area (Å²) >= 11 is 12.6. The topological polar surface area (TPSA) is 65.6 Å².